The average Bonchev–Trinajstić information content (AvgIpc) is 2.68. The molecule has 0 aromatic heterocycles. The van der Waals surface area contributed by atoms with Crippen LogP contribution in [0.2, 0.25) is 0 Å². The van der Waals surface area contributed by atoms with Gasteiger partial charge in [-0.25, -0.2) is 9.69 Å². The molecule has 0 spiro atoms. The Kier molecular flexibility index (Phi) is 8.62. The maximum absolute atomic E-state index is 12.7. The molecule has 0 bridgehead atoms. The van der Waals surface area contributed by atoms with E-state index in [1.165, 1.54) is 0 Å². The van der Waals surface area contributed by atoms with Crippen molar-refractivity contribution >= 4 is 17.8 Å². The van der Waals surface area contributed by atoms with Crippen molar-refractivity contribution in [3.05, 3.63) is 35.9 Å². The van der Waals surface area contributed by atoms with Gasteiger partial charge in [-0.3, -0.25) is 9.59 Å². The van der Waals surface area contributed by atoms with Crippen LogP contribution in [-0.2, 0) is 20.9 Å². The first kappa shape index (κ1) is 24.9. The van der Waals surface area contributed by atoms with E-state index in [2.05, 4.69) is 24.5 Å². The van der Waals surface area contributed by atoms with Gasteiger partial charge in [0.05, 0.1) is 19.1 Å². The van der Waals surface area contributed by atoms with Crippen LogP contribution in [0, 0.1) is 17.3 Å². The quantitative estimate of drug-likeness (QED) is 0.584. The molecule has 2 rings (SSSR count). The predicted octanol–water partition coefficient (Wildman–Crippen LogP) is 3.68. The van der Waals surface area contributed by atoms with Crippen molar-refractivity contribution in [2.45, 2.75) is 73.2 Å². The summed E-state index contributed by atoms with van der Waals surface area (Å²) in [5.74, 6) is -0.0508. The molecule has 7 nitrogen and oxygen atoms in total. The maximum atomic E-state index is 12.7. The highest BCUT2D eigenvalue weighted by atomic mass is 16.5. The molecule has 3 unspecified atom stereocenters. The SMILES string of the molecule is CC(C)CC(COC1CC(=O)N1C(=O)NCc1ccccc1)NC(=O)C(C)C(C)(C)C. The van der Waals surface area contributed by atoms with E-state index in [1.807, 2.05) is 58.0 Å². The molecule has 0 aliphatic carbocycles. The largest absolute Gasteiger partial charge is 0.355 e. The van der Waals surface area contributed by atoms with Crippen molar-refractivity contribution in [1.82, 2.24) is 15.5 Å². The van der Waals surface area contributed by atoms with E-state index in [9.17, 15) is 14.4 Å². The lowest BCUT2D eigenvalue weighted by Gasteiger charge is -2.39. The highest BCUT2D eigenvalue weighted by Gasteiger charge is 2.42. The average molecular weight is 432 g/mol. The first-order chi connectivity index (χ1) is 14.5. The number of imide groups is 1. The monoisotopic (exact) mass is 431 g/mol. The minimum atomic E-state index is -0.602. The molecule has 0 radical (unpaired) electrons. The summed E-state index contributed by atoms with van der Waals surface area (Å²) >= 11 is 0. The van der Waals surface area contributed by atoms with E-state index in [0.717, 1.165) is 16.9 Å². The highest BCUT2D eigenvalue weighted by Crippen LogP contribution is 2.26. The number of nitrogens with one attached hydrogen (secondary N) is 2. The van der Waals surface area contributed by atoms with Gasteiger partial charge in [-0.15, -0.1) is 0 Å². The van der Waals surface area contributed by atoms with Crippen molar-refractivity contribution in [1.29, 1.82) is 0 Å². The van der Waals surface area contributed by atoms with Crippen LogP contribution in [0.4, 0.5) is 4.79 Å². The minimum Gasteiger partial charge on any atom is -0.355 e. The Hall–Kier alpha value is -2.41. The lowest BCUT2D eigenvalue weighted by atomic mass is 9.81. The van der Waals surface area contributed by atoms with Gasteiger partial charge in [0.1, 0.15) is 6.23 Å². The van der Waals surface area contributed by atoms with Crippen LogP contribution in [0.15, 0.2) is 30.3 Å². The van der Waals surface area contributed by atoms with Gasteiger partial charge in [-0.05, 0) is 23.3 Å². The molecular weight excluding hydrogens is 394 g/mol. The van der Waals surface area contributed by atoms with Gasteiger partial charge in [0, 0.05) is 12.5 Å². The molecular formula is C24H37N3O4. The fourth-order valence-corrected chi connectivity index (χ4v) is 3.31. The summed E-state index contributed by atoms with van der Waals surface area (Å²) in [5.41, 5.74) is 0.815. The molecule has 1 saturated heterocycles. The first-order valence-electron chi connectivity index (χ1n) is 11.0. The van der Waals surface area contributed by atoms with Crippen LogP contribution in [-0.4, -0.2) is 41.6 Å². The van der Waals surface area contributed by atoms with E-state index in [-0.39, 0.29) is 42.2 Å². The molecule has 4 amide bonds. The third-order valence-corrected chi connectivity index (χ3v) is 5.70. The van der Waals surface area contributed by atoms with Gasteiger partial charge in [-0.2, -0.15) is 0 Å². The number of nitrogens with zero attached hydrogens (tertiary/aromatic N) is 1. The summed E-state index contributed by atoms with van der Waals surface area (Å²) in [6, 6.07) is 8.87. The van der Waals surface area contributed by atoms with E-state index in [4.69, 9.17) is 4.74 Å². The standard InChI is InChI=1S/C24H37N3O4/c1-16(2)12-19(26-22(29)17(3)24(4,5)6)15-31-21-13-20(28)27(21)23(30)25-14-18-10-8-7-9-11-18/h7-11,16-17,19,21H,12-15H2,1-6H3,(H,25,30)(H,26,29). The van der Waals surface area contributed by atoms with Crippen LogP contribution in [0.1, 0.15) is 59.9 Å². The molecule has 1 aliphatic rings. The third-order valence-electron chi connectivity index (χ3n) is 5.70. The Labute approximate surface area is 185 Å². The lowest BCUT2D eigenvalue weighted by Crippen LogP contribution is -2.60. The van der Waals surface area contributed by atoms with Gasteiger partial charge in [0.25, 0.3) is 0 Å². The molecule has 2 N–H and O–H groups in total. The summed E-state index contributed by atoms with van der Waals surface area (Å²) in [6.07, 6.45) is 0.318. The first-order valence-corrected chi connectivity index (χ1v) is 11.0. The fraction of sp³-hybridized carbons (Fsp3) is 0.625. The highest BCUT2D eigenvalue weighted by molar-refractivity contribution is 5.99. The van der Waals surface area contributed by atoms with Crippen LogP contribution < -0.4 is 10.6 Å². The van der Waals surface area contributed by atoms with Crippen molar-refractivity contribution in [3.8, 4) is 0 Å². The molecule has 1 heterocycles. The maximum Gasteiger partial charge on any atom is 0.326 e. The summed E-state index contributed by atoms with van der Waals surface area (Å²) in [5, 5.41) is 5.85. The van der Waals surface area contributed by atoms with Crippen LogP contribution in [0.25, 0.3) is 0 Å². The normalized spacial score (nSPS) is 18.4. The second-order valence-corrected chi connectivity index (χ2v) is 9.82. The Bertz CT molecular complexity index is 758. The molecule has 1 aliphatic heterocycles. The predicted molar refractivity (Wildman–Crippen MR) is 120 cm³/mol. The van der Waals surface area contributed by atoms with Gasteiger partial charge in [0.15, 0.2) is 0 Å². The van der Waals surface area contributed by atoms with Gasteiger partial charge in [-0.1, -0.05) is 71.9 Å². The Morgan fingerprint density at radius 3 is 2.35 bits per heavy atom. The number of carbonyl (C=O) groups excluding carboxylic acids is 3. The number of rotatable bonds is 9. The van der Waals surface area contributed by atoms with Crippen LogP contribution in [0.3, 0.4) is 0 Å². The molecule has 7 heteroatoms. The smallest absolute Gasteiger partial charge is 0.326 e. The van der Waals surface area contributed by atoms with E-state index < -0.39 is 12.3 Å². The zero-order chi connectivity index (χ0) is 23.2. The molecule has 0 saturated carbocycles. The van der Waals surface area contributed by atoms with Crippen molar-refractivity contribution in [2.75, 3.05) is 6.61 Å². The fourth-order valence-electron chi connectivity index (χ4n) is 3.31. The zero-order valence-corrected chi connectivity index (χ0v) is 19.6. The number of carbonyl (C=O) groups is 3. The van der Waals surface area contributed by atoms with Gasteiger partial charge >= 0.3 is 6.03 Å². The molecule has 1 aromatic carbocycles. The molecule has 1 fully saturated rings. The number of hydrogen-bond acceptors (Lipinski definition) is 4. The Balaban J connectivity index is 1.90. The number of hydrogen-bond donors (Lipinski definition) is 2. The number of urea groups is 1. The zero-order valence-electron chi connectivity index (χ0n) is 19.6. The second kappa shape index (κ2) is 10.8. The number of likely N-dealkylation sites (tertiary alicyclic amines) is 1. The van der Waals surface area contributed by atoms with Crippen LogP contribution >= 0.6 is 0 Å². The topological polar surface area (TPSA) is 87.7 Å². The van der Waals surface area contributed by atoms with Crippen LogP contribution in [0.5, 0.6) is 0 Å². The van der Waals surface area contributed by atoms with E-state index in [1.54, 1.807) is 0 Å². The van der Waals surface area contributed by atoms with Gasteiger partial charge < -0.3 is 15.4 Å². The number of ether oxygens (including phenoxy) is 1. The third kappa shape index (κ3) is 7.35. The van der Waals surface area contributed by atoms with E-state index in [0.29, 0.717) is 12.5 Å². The van der Waals surface area contributed by atoms with E-state index >= 15 is 0 Å². The number of β-lactam (4-membered cyclic amide) rings is 1. The molecule has 172 valence electrons. The summed E-state index contributed by atoms with van der Waals surface area (Å²) < 4.78 is 5.89. The summed E-state index contributed by atoms with van der Waals surface area (Å²) in [4.78, 5) is 38.3. The molecule has 31 heavy (non-hydrogen) atoms. The number of amides is 4. The van der Waals surface area contributed by atoms with Gasteiger partial charge in [0.2, 0.25) is 11.8 Å². The number of benzene rings is 1. The Morgan fingerprint density at radius 1 is 1.16 bits per heavy atom. The van der Waals surface area contributed by atoms with Crippen molar-refractivity contribution < 1.29 is 19.1 Å². The Morgan fingerprint density at radius 2 is 1.81 bits per heavy atom. The van der Waals surface area contributed by atoms with Crippen molar-refractivity contribution in [3.63, 3.8) is 0 Å². The molecule has 3 atom stereocenters. The second-order valence-electron chi connectivity index (χ2n) is 9.82. The summed E-state index contributed by atoms with van der Waals surface area (Å²) in [7, 11) is 0. The lowest BCUT2D eigenvalue weighted by molar-refractivity contribution is -0.165. The molecule has 1 aromatic rings. The summed E-state index contributed by atoms with van der Waals surface area (Å²) in [6.45, 7) is 12.8. The minimum absolute atomic E-state index is 0.0103. The van der Waals surface area contributed by atoms with Crippen molar-refractivity contribution in [2.24, 2.45) is 17.3 Å².